The first-order valence-electron chi connectivity index (χ1n) is 6.75. The molecule has 0 aliphatic heterocycles. The summed E-state index contributed by atoms with van der Waals surface area (Å²) < 4.78 is 18.4. The van der Waals surface area contributed by atoms with Gasteiger partial charge in [0, 0.05) is 37.8 Å². The second-order valence-corrected chi connectivity index (χ2v) is 4.92. The van der Waals surface area contributed by atoms with Gasteiger partial charge in [0.05, 0.1) is 6.61 Å². The molecule has 0 fully saturated rings. The number of hydrogen-bond acceptors (Lipinski definition) is 3. The molecule has 0 radical (unpaired) electrons. The first kappa shape index (κ1) is 15.0. The van der Waals surface area contributed by atoms with Gasteiger partial charge in [0.2, 0.25) is 0 Å². The smallest absolute Gasteiger partial charge is 0.166 e. The van der Waals surface area contributed by atoms with Gasteiger partial charge in [0.25, 0.3) is 0 Å². The number of hydrogen-bond donors (Lipinski definition) is 0. The highest BCUT2D eigenvalue weighted by Gasteiger charge is 2.06. The van der Waals surface area contributed by atoms with Gasteiger partial charge >= 0.3 is 0 Å². The summed E-state index contributed by atoms with van der Waals surface area (Å²) in [6, 6.07) is 13.2. The topological polar surface area (TPSA) is 29.5 Å². The number of Topliss-reactive ketones (excluding diaryl/α,β-unsaturated/α-hetero) is 1. The minimum absolute atomic E-state index is 0.0567. The van der Waals surface area contributed by atoms with Crippen LogP contribution in [0.4, 0.5) is 10.1 Å². The normalized spacial score (nSPS) is 10.2. The Labute approximate surface area is 124 Å². The third kappa shape index (κ3) is 4.31. The zero-order valence-corrected chi connectivity index (χ0v) is 12.2. The molecule has 2 aromatic carbocycles. The first-order chi connectivity index (χ1) is 10.1. The van der Waals surface area contributed by atoms with Crippen molar-refractivity contribution in [2.45, 2.75) is 6.42 Å². The van der Waals surface area contributed by atoms with E-state index < -0.39 is 0 Å². The lowest BCUT2D eigenvalue weighted by atomic mass is 10.1. The van der Waals surface area contributed by atoms with Gasteiger partial charge in [-0.1, -0.05) is 6.07 Å². The highest BCUT2D eigenvalue weighted by molar-refractivity contribution is 5.96. The molecular weight excluding hydrogens is 269 g/mol. The van der Waals surface area contributed by atoms with Crippen molar-refractivity contribution in [2.75, 3.05) is 25.6 Å². The Morgan fingerprint density at radius 2 is 1.86 bits per heavy atom. The lowest BCUT2D eigenvalue weighted by Crippen LogP contribution is -2.09. The van der Waals surface area contributed by atoms with E-state index in [0.717, 1.165) is 11.4 Å². The number of halogens is 1. The molecule has 0 atom stereocenters. The monoisotopic (exact) mass is 287 g/mol. The SMILES string of the molecule is CN(C)c1cccc(OCCC(=O)c2ccc(F)cc2)c1. The zero-order chi connectivity index (χ0) is 15.2. The predicted octanol–water partition coefficient (Wildman–Crippen LogP) is 3.54. The van der Waals surface area contributed by atoms with Gasteiger partial charge < -0.3 is 9.64 Å². The molecule has 0 saturated heterocycles. The van der Waals surface area contributed by atoms with Crippen molar-refractivity contribution in [3.63, 3.8) is 0 Å². The molecule has 0 spiro atoms. The Hall–Kier alpha value is -2.36. The van der Waals surface area contributed by atoms with E-state index in [9.17, 15) is 9.18 Å². The van der Waals surface area contributed by atoms with E-state index in [1.807, 2.05) is 43.3 Å². The molecule has 0 N–H and O–H groups in total. The van der Waals surface area contributed by atoms with Crippen LogP contribution in [-0.2, 0) is 0 Å². The summed E-state index contributed by atoms with van der Waals surface area (Å²) in [6.45, 7) is 0.299. The Morgan fingerprint density at radius 1 is 1.14 bits per heavy atom. The molecule has 0 heterocycles. The summed E-state index contributed by atoms with van der Waals surface area (Å²) >= 11 is 0. The van der Waals surface area contributed by atoms with Crippen LogP contribution in [0.25, 0.3) is 0 Å². The van der Waals surface area contributed by atoms with E-state index in [1.54, 1.807) is 0 Å². The molecule has 21 heavy (non-hydrogen) atoms. The van der Waals surface area contributed by atoms with Gasteiger partial charge in [-0.15, -0.1) is 0 Å². The minimum atomic E-state index is -0.344. The van der Waals surface area contributed by atoms with E-state index in [0.29, 0.717) is 12.2 Å². The molecule has 3 nitrogen and oxygen atoms in total. The van der Waals surface area contributed by atoms with Gasteiger partial charge in [-0.2, -0.15) is 0 Å². The standard InChI is InChI=1S/C17H18FNO2/c1-19(2)15-4-3-5-16(12-15)21-11-10-17(20)13-6-8-14(18)9-7-13/h3-9,12H,10-11H2,1-2H3. The molecule has 0 aliphatic carbocycles. The Morgan fingerprint density at radius 3 is 2.52 bits per heavy atom. The van der Waals surface area contributed by atoms with Crippen molar-refractivity contribution in [2.24, 2.45) is 0 Å². The molecule has 0 aromatic heterocycles. The predicted molar refractivity (Wildman–Crippen MR) is 81.6 cm³/mol. The zero-order valence-electron chi connectivity index (χ0n) is 12.2. The van der Waals surface area contributed by atoms with E-state index >= 15 is 0 Å². The van der Waals surface area contributed by atoms with Crippen LogP contribution >= 0.6 is 0 Å². The van der Waals surface area contributed by atoms with Crippen LogP contribution < -0.4 is 9.64 Å². The molecule has 110 valence electrons. The van der Waals surface area contributed by atoms with Crippen molar-refractivity contribution < 1.29 is 13.9 Å². The first-order valence-corrected chi connectivity index (χ1v) is 6.75. The highest BCUT2D eigenvalue weighted by Crippen LogP contribution is 2.19. The summed E-state index contributed by atoms with van der Waals surface area (Å²) in [6.07, 6.45) is 0.262. The summed E-state index contributed by atoms with van der Waals surface area (Å²) in [5, 5.41) is 0. The van der Waals surface area contributed by atoms with Crippen LogP contribution in [0, 0.1) is 5.82 Å². The lowest BCUT2D eigenvalue weighted by molar-refractivity contribution is 0.0962. The van der Waals surface area contributed by atoms with Gasteiger partial charge in [-0.3, -0.25) is 4.79 Å². The molecule has 0 bridgehead atoms. The molecule has 2 rings (SSSR count). The van der Waals surface area contributed by atoms with E-state index in [2.05, 4.69) is 0 Å². The third-order valence-corrected chi connectivity index (χ3v) is 3.10. The van der Waals surface area contributed by atoms with Crippen LogP contribution in [0.3, 0.4) is 0 Å². The Balaban J connectivity index is 1.88. The van der Waals surface area contributed by atoms with Gasteiger partial charge in [-0.25, -0.2) is 4.39 Å². The fourth-order valence-electron chi connectivity index (χ4n) is 1.89. The van der Waals surface area contributed by atoms with Gasteiger partial charge in [0.1, 0.15) is 11.6 Å². The summed E-state index contributed by atoms with van der Waals surface area (Å²) in [5.41, 5.74) is 1.54. The molecule has 0 amide bonds. The van der Waals surface area contributed by atoms with Crippen molar-refractivity contribution in [1.29, 1.82) is 0 Å². The van der Waals surface area contributed by atoms with Crippen molar-refractivity contribution >= 4 is 11.5 Å². The van der Waals surface area contributed by atoms with Gasteiger partial charge in [0.15, 0.2) is 5.78 Å². The maximum atomic E-state index is 12.8. The minimum Gasteiger partial charge on any atom is -0.493 e. The van der Waals surface area contributed by atoms with Gasteiger partial charge in [-0.05, 0) is 36.4 Å². The van der Waals surface area contributed by atoms with E-state index in [4.69, 9.17) is 4.74 Å². The average molecular weight is 287 g/mol. The molecule has 0 aliphatic rings. The molecular formula is C17H18FNO2. The number of benzene rings is 2. The van der Waals surface area contributed by atoms with Crippen LogP contribution in [0.2, 0.25) is 0 Å². The number of rotatable bonds is 6. The van der Waals surface area contributed by atoms with Crippen LogP contribution in [-0.4, -0.2) is 26.5 Å². The molecule has 0 saturated carbocycles. The number of ether oxygens (including phenoxy) is 1. The maximum Gasteiger partial charge on any atom is 0.166 e. The number of nitrogens with zero attached hydrogens (tertiary/aromatic N) is 1. The largest absolute Gasteiger partial charge is 0.493 e. The quantitative estimate of drug-likeness (QED) is 0.761. The molecule has 0 unspecified atom stereocenters. The Bertz CT molecular complexity index is 608. The number of anilines is 1. The van der Waals surface area contributed by atoms with E-state index in [1.165, 1.54) is 24.3 Å². The van der Waals surface area contributed by atoms with Crippen LogP contribution in [0.5, 0.6) is 5.75 Å². The number of carbonyl (C=O) groups is 1. The van der Waals surface area contributed by atoms with Crippen molar-refractivity contribution in [3.8, 4) is 5.75 Å². The number of carbonyl (C=O) groups excluding carboxylic acids is 1. The molecule has 4 heteroatoms. The summed E-state index contributed by atoms with van der Waals surface area (Å²) in [4.78, 5) is 13.9. The van der Waals surface area contributed by atoms with Crippen LogP contribution in [0.1, 0.15) is 16.8 Å². The Kier molecular flexibility index (Phi) is 4.93. The average Bonchev–Trinajstić information content (AvgIpc) is 2.48. The lowest BCUT2D eigenvalue weighted by Gasteiger charge is -2.14. The van der Waals surface area contributed by atoms with E-state index in [-0.39, 0.29) is 18.0 Å². The highest BCUT2D eigenvalue weighted by atomic mass is 19.1. The van der Waals surface area contributed by atoms with Crippen molar-refractivity contribution in [3.05, 3.63) is 59.9 Å². The van der Waals surface area contributed by atoms with Crippen molar-refractivity contribution in [1.82, 2.24) is 0 Å². The third-order valence-electron chi connectivity index (χ3n) is 3.10. The fourth-order valence-corrected chi connectivity index (χ4v) is 1.89. The second kappa shape index (κ2) is 6.88. The number of ketones is 1. The molecule has 2 aromatic rings. The van der Waals surface area contributed by atoms with Crippen LogP contribution in [0.15, 0.2) is 48.5 Å². The summed E-state index contributed by atoms with van der Waals surface area (Å²) in [5.74, 6) is 0.329. The maximum absolute atomic E-state index is 12.8. The second-order valence-electron chi connectivity index (χ2n) is 4.92. The summed E-state index contributed by atoms with van der Waals surface area (Å²) in [7, 11) is 3.91. The fraction of sp³-hybridized carbons (Fsp3) is 0.235.